The van der Waals surface area contributed by atoms with Crippen molar-refractivity contribution in [1.29, 1.82) is 0 Å². The summed E-state index contributed by atoms with van der Waals surface area (Å²) in [5, 5.41) is 10.5. The predicted octanol–water partition coefficient (Wildman–Crippen LogP) is 4.96. The molecule has 0 aliphatic carbocycles. The number of carboxylic acids is 1. The third kappa shape index (κ3) is 4.23. The molecule has 0 spiro atoms. The molecule has 6 heteroatoms. The summed E-state index contributed by atoms with van der Waals surface area (Å²) in [4.78, 5) is 14.5. The second-order valence-electron chi connectivity index (χ2n) is 7.46. The number of carboxylic acid groups (broad SMARTS) is 1. The van der Waals surface area contributed by atoms with Crippen molar-refractivity contribution in [3.05, 3.63) is 58.5 Å². The van der Waals surface area contributed by atoms with Crippen LogP contribution in [-0.4, -0.2) is 42.3 Å². The Bertz CT molecular complexity index is 1010. The Kier molecular flexibility index (Phi) is 5.74. The number of aryl methyl sites for hydroxylation is 1. The summed E-state index contributed by atoms with van der Waals surface area (Å²) in [5.41, 5.74) is 2.30. The van der Waals surface area contributed by atoms with Crippen LogP contribution in [0, 0.1) is 6.92 Å². The fourth-order valence-electron chi connectivity index (χ4n) is 3.87. The average molecular weight is 412 g/mol. The molecule has 0 unspecified atom stereocenters. The highest BCUT2D eigenvalue weighted by atomic mass is 32.1. The summed E-state index contributed by atoms with van der Waals surface area (Å²) in [6.45, 7) is 4.77. The van der Waals surface area contributed by atoms with Crippen LogP contribution in [0.2, 0.25) is 0 Å². The number of piperidine rings is 1. The van der Waals surface area contributed by atoms with Crippen molar-refractivity contribution >= 4 is 27.4 Å². The highest BCUT2D eigenvalue weighted by Gasteiger charge is 2.26. The van der Waals surface area contributed by atoms with Crippen molar-refractivity contribution in [3.63, 3.8) is 0 Å². The Hall–Kier alpha value is -2.57. The lowest BCUT2D eigenvalue weighted by Crippen LogP contribution is -2.37. The van der Waals surface area contributed by atoms with Crippen LogP contribution in [0.1, 0.15) is 33.6 Å². The standard InChI is InChI=1S/C23H25NO4S/c1-15-12-20-18(13-19(15)27-2)21(22(29-20)23(25)26)28-17-8-10-24(11-9-17)14-16-6-4-3-5-7-16/h3-7,12-13,17H,8-11,14H2,1-2H3,(H,25,26). The third-order valence-corrected chi connectivity index (χ3v) is 6.54. The fourth-order valence-corrected chi connectivity index (χ4v) is 4.93. The SMILES string of the molecule is COc1cc2c(OC3CCN(Cc4ccccc4)CC3)c(C(=O)O)sc2cc1C. The van der Waals surface area contributed by atoms with E-state index < -0.39 is 5.97 Å². The molecule has 5 nitrogen and oxygen atoms in total. The molecule has 152 valence electrons. The first-order valence-electron chi connectivity index (χ1n) is 9.82. The van der Waals surface area contributed by atoms with E-state index in [1.54, 1.807) is 7.11 Å². The van der Waals surface area contributed by atoms with Gasteiger partial charge in [-0.3, -0.25) is 4.90 Å². The van der Waals surface area contributed by atoms with Gasteiger partial charge in [-0.05, 0) is 43.0 Å². The van der Waals surface area contributed by atoms with Crippen molar-refractivity contribution in [2.24, 2.45) is 0 Å². The number of benzene rings is 2. The van der Waals surface area contributed by atoms with E-state index in [-0.39, 0.29) is 11.0 Å². The second-order valence-corrected chi connectivity index (χ2v) is 8.51. The maximum atomic E-state index is 11.8. The molecule has 0 amide bonds. The van der Waals surface area contributed by atoms with Crippen LogP contribution < -0.4 is 9.47 Å². The van der Waals surface area contributed by atoms with Crippen LogP contribution in [0.3, 0.4) is 0 Å². The summed E-state index contributed by atoms with van der Waals surface area (Å²) in [5.74, 6) is 0.284. The first-order valence-corrected chi connectivity index (χ1v) is 10.6. The van der Waals surface area contributed by atoms with Crippen LogP contribution in [0.5, 0.6) is 11.5 Å². The van der Waals surface area contributed by atoms with Gasteiger partial charge in [0.15, 0.2) is 10.6 Å². The quantitative estimate of drug-likeness (QED) is 0.621. The van der Waals surface area contributed by atoms with Crippen molar-refractivity contribution < 1.29 is 19.4 Å². The lowest BCUT2D eigenvalue weighted by Gasteiger charge is -2.32. The summed E-state index contributed by atoms with van der Waals surface area (Å²) < 4.78 is 12.6. The van der Waals surface area contributed by atoms with Gasteiger partial charge >= 0.3 is 5.97 Å². The number of hydrogen-bond donors (Lipinski definition) is 1. The highest BCUT2D eigenvalue weighted by Crippen LogP contribution is 2.42. The topological polar surface area (TPSA) is 59.0 Å². The molecular weight excluding hydrogens is 386 g/mol. The number of likely N-dealkylation sites (tertiary alicyclic amines) is 1. The minimum atomic E-state index is -0.945. The zero-order chi connectivity index (χ0) is 20.4. The van der Waals surface area contributed by atoms with Gasteiger partial charge in [-0.15, -0.1) is 11.3 Å². The Balaban J connectivity index is 1.50. The number of rotatable bonds is 6. The molecule has 1 saturated heterocycles. The molecule has 29 heavy (non-hydrogen) atoms. The maximum Gasteiger partial charge on any atom is 0.349 e. The number of nitrogens with zero attached hydrogens (tertiary/aromatic N) is 1. The minimum Gasteiger partial charge on any atom is -0.496 e. The van der Waals surface area contributed by atoms with Gasteiger partial charge in [0, 0.05) is 29.7 Å². The fraction of sp³-hybridized carbons (Fsp3) is 0.348. The molecule has 0 atom stereocenters. The molecule has 0 bridgehead atoms. The van der Waals surface area contributed by atoms with Gasteiger partial charge in [-0.1, -0.05) is 30.3 Å². The smallest absolute Gasteiger partial charge is 0.349 e. The van der Waals surface area contributed by atoms with Gasteiger partial charge in [0.2, 0.25) is 0 Å². The van der Waals surface area contributed by atoms with E-state index in [0.717, 1.165) is 53.9 Å². The molecule has 4 rings (SSSR count). The first-order chi connectivity index (χ1) is 14.0. The van der Waals surface area contributed by atoms with Crippen LogP contribution in [0.4, 0.5) is 0 Å². The number of carbonyl (C=O) groups is 1. The average Bonchev–Trinajstić information content (AvgIpc) is 3.07. The van der Waals surface area contributed by atoms with E-state index in [4.69, 9.17) is 9.47 Å². The summed E-state index contributed by atoms with van der Waals surface area (Å²) >= 11 is 1.27. The molecule has 2 heterocycles. The van der Waals surface area contributed by atoms with Gasteiger partial charge in [0.25, 0.3) is 0 Å². The lowest BCUT2D eigenvalue weighted by atomic mass is 10.1. The Morgan fingerprint density at radius 3 is 2.59 bits per heavy atom. The third-order valence-electron chi connectivity index (χ3n) is 5.42. The lowest BCUT2D eigenvalue weighted by molar-refractivity contribution is 0.0684. The number of methoxy groups -OCH3 is 1. The largest absolute Gasteiger partial charge is 0.496 e. The maximum absolute atomic E-state index is 11.8. The summed E-state index contributed by atoms with van der Waals surface area (Å²) in [6.07, 6.45) is 1.78. The number of ether oxygens (including phenoxy) is 2. The molecule has 0 saturated carbocycles. The monoisotopic (exact) mass is 411 g/mol. The zero-order valence-corrected chi connectivity index (χ0v) is 17.5. The van der Waals surface area contributed by atoms with Gasteiger partial charge in [0.05, 0.1) is 7.11 Å². The first kappa shape index (κ1) is 19.7. The minimum absolute atomic E-state index is 0.0187. The molecule has 3 aromatic rings. The van der Waals surface area contributed by atoms with E-state index in [1.807, 2.05) is 25.1 Å². The van der Waals surface area contributed by atoms with Gasteiger partial charge in [-0.25, -0.2) is 4.79 Å². The van der Waals surface area contributed by atoms with E-state index in [2.05, 4.69) is 29.2 Å². The van der Waals surface area contributed by atoms with Crippen LogP contribution in [-0.2, 0) is 6.54 Å². The van der Waals surface area contributed by atoms with E-state index in [9.17, 15) is 9.90 Å². The summed E-state index contributed by atoms with van der Waals surface area (Å²) in [7, 11) is 1.63. The molecular formula is C23H25NO4S. The van der Waals surface area contributed by atoms with Crippen LogP contribution in [0.25, 0.3) is 10.1 Å². The highest BCUT2D eigenvalue weighted by molar-refractivity contribution is 7.21. The Labute approximate surface area is 174 Å². The molecule has 1 aromatic heterocycles. The van der Waals surface area contributed by atoms with Gasteiger partial charge in [-0.2, -0.15) is 0 Å². The van der Waals surface area contributed by atoms with E-state index >= 15 is 0 Å². The van der Waals surface area contributed by atoms with Crippen molar-refractivity contribution in [3.8, 4) is 11.5 Å². The van der Waals surface area contributed by atoms with Crippen LogP contribution in [0.15, 0.2) is 42.5 Å². The molecule has 1 aliphatic heterocycles. The second kappa shape index (κ2) is 8.43. The van der Waals surface area contributed by atoms with Crippen molar-refractivity contribution in [1.82, 2.24) is 4.90 Å². The van der Waals surface area contributed by atoms with Crippen LogP contribution >= 0.6 is 11.3 Å². The van der Waals surface area contributed by atoms with Gasteiger partial charge < -0.3 is 14.6 Å². The molecule has 1 aliphatic rings. The Morgan fingerprint density at radius 1 is 1.21 bits per heavy atom. The number of aromatic carboxylic acids is 1. The van der Waals surface area contributed by atoms with Crippen molar-refractivity contribution in [2.45, 2.75) is 32.4 Å². The summed E-state index contributed by atoms with van der Waals surface area (Å²) in [6, 6.07) is 14.3. The molecule has 1 fully saturated rings. The van der Waals surface area contributed by atoms with Crippen molar-refractivity contribution in [2.75, 3.05) is 20.2 Å². The Morgan fingerprint density at radius 2 is 1.93 bits per heavy atom. The number of hydrogen-bond acceptors (Lipinski definition) is 5. The van der Waals surface area contributed by atoms with E-state index in [1.165, 1.54) is 16.9 Å². The number of fused-ring (bicyclic) bond motifs is 1. The normalized spacial score (nSPS) is 15.5. The number of thiophene rings is 1. The predicted molar refractivity (Wildman–Crippen MR) is 115 cm³/mol. The van der Waals surface area contributed by atoms with Gasteiger partial charge in [0.1, 0.15) is 11.9 Å². The molecule has 0 radical (unpaired) electrons. The molecule has 2 aromatic carbocycles. The molecule has 1 N–H and O–H groups in total. The van der Waals surface area contributed by atoms with E-state index in [0.29, 0.717) is 5.75 Å². The zero-order valence-electron chi connectivity index (χ0n) is 16.7.